The van der Waals surface area contributed by atoms with Crippen molar-refractivity contribution in [2.24, 2.45) is 0 Å². The van der Waals surface area contributed by atoms with E-state index >= 15 is 0 Å². The monoisotopic (exact) mass is 351 g/mol. The van der Waals surface area contributed by atoms with Crippen LogP contribution in [0.1, 0.15) is 19.4 Å². The molecule has 130 valence electrons. The van der Waals surface area contributed by atoms with Gasteiger partial charge in [-0.1, -0.05) is 29.3 Å². The Kier molecular flexibility index (Phi) is 5.80. The van der Waals surface area contributed by atoms with E-state index in [0.29, 0.717) is 10.9 Å². The topological polar surface area (TPSA) is 72.9 Å². The van der Waals surface area contributed by atoms with Crippen molar-refractivity contribution in [2.45, 2.75) is 25.7 Å². The van der Waals surface area contributed by atoms with Crippen LogP contribution in [0, 0.1) is 6.92 Å². The Morgan fingerprint density at radius 1 is 1.25 bits per heavy atom. The SMILES string of the molecule is CC(C)=CCOC/C=C1\COC(=O)N1S(=O)(=O)c1ccc(C)cc1. The molecule has 1 amide bonds. The Balaban J connectivity index is 2.17. The van der Waals surface area contributed by atoms with E-state index in [4.69, 9.17) is 9.47 Å². The number of carbonyl (C=O) groups excluding carboxylic acids is 1. The van der Waals surface area contributed by atoms with Crippen LogP contribution in [0.3, 0.4) is 0 Å². The van der Waals surface area contributed by atoms with Gasteiger partial charge in [0.15, 0.2) is 0 Å². The first kappa shape index (κ1) is 18.2. The maximum absolute atomic E-state index is 12.7. The molecular weight excluding hydrogens is 330 g/mol. The van der Waals surface area contributed by atoms with Gasteiger partial charge in [-0.2, -0.15) is 4.31 Å². The number of sulfonamides is 1. The number of benzene rings is 1. The summed E-state index contributed by atoms with van der Waals surface area (Å²) in [5.74, 6) is 0. The van der Waals surface area contributed by atoms with Gasteiger partial charge in [0.05, 0.1) is 23.8 Å². The fraction of sp³-hybridized carbons (Fsp3) is 0.353. The zero-order valence-corrected chi connectivity index (χ0v) is 14.8. The van der Waals surface area contributed by atoms with Gasteiger partial charge in [-0.05, 0) is 39.0 Å². The summed E-state index contributed by atoms with van der Waals surface area (Å²) < 4.78 is 36.3. The third-order valence-electron chi connectivity index (χ3n) is 3.38. The smallest absolute Gasteiger partial charge is 0.428 e. The summed E-state index contributed by atoms with van der Waals surface area (Å²) in [5.41, 5.74) is 2.32. The Labute approximate surface area is 142 Å². The average Bonchev–Trinajstić information content (AvgIpc) is 2.88. The standard InChI is InChI=1S/C17H21NO5S/c1-13(2)8-10-22-11-9-15-12-23-17(19)18(15)24(20,21)16-6-4-14(3)5-7-16/h4-9H,10-12H2,1-3H3/b15-9+. The Hall–Kier alpha value is -2.12. The molecule has 1 aromatic carbocycles. The van der Waals surface area contributed by atoms with Gasteiger partial charge in [0.1, 0.15) is 6.61 Å². The minimum atomic E-state index is -3.99. The zero-order valence-electron chi connectivity index (χ0n) is 14.0. The van der Waals surface area contributed by atoms with Crippen LogP contribution in [-0.2, 0) is 19.5 Å². The molecule has 6 nitrogen and oxygen atoms in total. The second-order valence-electron chi connectivity index (χ2n) is 5.65. The van der Waals surface area contributed by atoms with E-state index in [9.17, 15) is 13.2 Å². The molecule has 0 aromatic heterocycles. The van der Waals surface area contributed by atoms with Gasteiger partial charge in [-0.25, -0.2) is 13.2 Å². The first-order valence-corrected chi connectivity index (χ1v) is 8.95. The Morgan fingerprint density at radius 3 is 2.54 bits per heavy atom. The second kappa shape index (κ2) is 7.63. The number of carbonyl (C=O) groups is 1. The number of aryl methyl sites for hydroxylation is 1. The third-order valence-corrected chi connectivity index (χ3v) is 5.11. The molecular formula is C17H21NO5S. The normalized spacial score (nSPS) is 16.4. The van der Waals surface area contributed by atoms with Crippen molar-refractivity contribution in [3.8, 4) is 0 Å². The summed E-state index contributed by atoms with van der Waals surface area (Å²) in [6.45, 7) is 6.30. The summed E-state index contributed by atoms with van der Waals surface area (Å²) in [7, 11) is -3.99. The summed E-state index contributed by atoms with van der Waals surface area (Å²) in [6, 6.07) is 6.30. The van der Waals surface area contributed by atoms with E-state index < -0.39 is 16.1 Å². The van der Waals surface area contributed by atoms with Crippen LogP contribution in [0.15, 0.2) is 52.6 Å². The summed E-state index contributed by atoms with van der Waals surface area (Å²) >= 11 is 0. The molecule has 1 aliphatic heterocycles. The van der Waals surface area contributed by atoms with Crippen LogP contribution in [-0.4, -0.2) is 38.6 Å². The minimum Gasteiger partial charge on any atom is -0.442 e. The van der Waals surface area contributed by atoms with Crippen LogP contribution < -0.4 is 0 Å². The molecule has 1 saturated heterocycles. The predicted octanol–water partition coefficient (Wildman–Crippen LogP) is 3.00. The fourth-order valence-corrected chi connectivity index (χ4v) is 3.40. The number of hydrogen-bond donors (Lipinski definition) is 0. The number of hydrogen-bond acceptors (Lipinski definition) is 5. The largest absolute Gasteiger partial charge is 0.442 e. The van der Waals surface area contributed by atoms with Crippen LogP contribution in [0.2, 0.25) is 0 Å². The molecule has 0 spiro atoms. The molecule has 1 heterocycles. The highest BCUT2D eigenvalue weighted by Crippen LogP contribution is 2.26. The van der Waals surface area contributed by atoms with Crippen molar-refractivity contribution in [2.75, 3.05) is 19.8 Å². The van der Waals surface area contributed by atoms with E-state index in [1.54, 1.807) is 18.2 Å². The lowest BCUT2D eigenvalue weighted by Crippen LogP contribution is -2.30. The predicted molar refractivity (Wildman–Crippen MR) is 89.9 cm³/mol. The van der Waals surface area contributed by atoms with Gasteiger partial charge in [-0.15, -0.1) is 0 Å². The van der Waals surface area contributed by atoms with Crippen LogP contribution in [0.5, 0.6) is 0 Å². The van der Waals surface area contributed by atoms with E-state index in [0.717, 1.165) is 11.1 Å². The van der Waals surface area contributed by atoms with E-state index in [1.807, 2.05) is 26.8 Å². The molecule has 1 fully saturated rings. The first-order valence-electron chi connectivity index (χ1n) is 7.51. The third kappa shape index (κ3) is 4.24. The number of cyclic esters (lactones) is 1. The van der Waals surface area contributed by atoms with Gasteiger partial charge in [-0.3, -0.25) is 0 Å². The maximum Gasteiger partial charge on any atom is 0.428 e. The molecule has 1 aliphatic rings. The van der Waals surface area contributed by atoms with Crippen molar-refractivity contribution < 1.29 is 22.7 Å². The fourth-order valence-electron chi connectivity index (χ4n) is 2.03. The van der Waals surface area contributed by atoms with Crippen molar-refractivity contribution in [3.63, 3.8) is 0 Å². The Morgan fingerprint density at radius 2 is 1.92 bits per heavy atom. The van der Waals surface area contributed by atoms with Gasteiger partial charge in [0.25, 0.3) is 10.0 Å². The second-order valence-corrected chi connectivity index (χ2v) is 7.44. The highest BCUT2D eigenvalue weighted by atomic mass is 32.2. The minimum absolute atomic E-state index is 0.0447. The number of amides is 1. The van der Waals surface area contributed by atoms with Gasteiger partial charge in [0, 0.05) is 0 Å². The number of allylic oxidation sites excluding steroid dienone is 1. The molecule has 0 N–H and O–H groups in total. The quantitative estimate of drug-likeness (QED) is 0.582. The molecule has 0 bridgehead atoms. The molecule has 2 rings (SSSR count). The molecule has 24 heavy (non-hydrogen) atoms. The molecule has 0 radical (unpaired) electrons. The summed E-state index contributed by atoms with van der Waals surface area (Å²) in [6.07, 6.45) is 2.57. The lowest BCUT2D eigenvalue weighted by molar-refractivity contribution is 0.170. The summed E-state index contributed by atoms with van der Waals surface area (Å²) in [4.78, 5) is 11.9. The van der Waals surface area contributed by atoms with Crippen molar-refractivity contribution in [3.05, 3.63) is 53.3 Å². The van der Waals surface area contributed by atoms with E-state index in [-0.39, 0.29) is 23.8 Å². The molecule has 0 aliphatic carbocycles. The van der Waals surface area contributed by atoms with E-state index in [2.05, 4.69) is 0 Å². The van der Waals surface area contributed by atoms with Crippen LogP contribution in [0.4, 0.5) is 4.79 Å². The molecule has 0 unspecified atom stereocenters. The van der Waals surface area contributed by atoms with Crippen LogP contribution in [0.25, 0.3) is 0 Å². The maximum atomic E-state index is 12.7. The van der Waals surface area contributed by atoms with Crippen molar-refractivity contribution in [1.29, 1.82) is 0 Å². The van der Waals surface area contributed by atoms with Gasteiger partial charge < -0.3 is 9.47 Å². The lowest BCUT2D eigenvalue weighted by Gasteiger charge is -2.15. The number of rotatable bonds is 6. The van der Waals surface area contributed by atoms with Gasteiger partial charge in [0.2, 0.25) is 0 Å². The number of ether oxygens (including phenoxy) is 2. The van der Waals surface area contributed by atoms with E-state index in [1.165, 1.54) is 12.1 Å². The Bertz CT molecular complexity index is 759. The first-order chi connectivity index (χ1) is 11.3. The lowest BCUT2D eigenvalue weighted by atomic mass is 10.2. The average molecular weight is 351 g/mol. The highest BCUT2D eigenvalue weighted by molar-refractivity contribution is 7.89. The van der Waals surface area contributed by atoms with Gasteiger partial charge >= 0.3 is 6.09 Å². The van der Waals surface area contributed by atoms with Crippen LogP contribution >= 0.6 is 0 Å². The highest BCUT2D eigenvalue weighted by Gasteiger charge is 2.38. The molecule has 1 aromatic rings. The molecule has 7 heteroatoms. The zero-order chi connectivity index (χ0) is 17.7. The van der Waals surface area contributed by atoms with Crippen molar-refractivity contribution in [1.82, 2.24) is 4.31 Å². The molecule has 0 atom stereocenters. The number of nitrogens with zero attached hydrogens (tertiary/aromatic N) is 1. The molecule has 0 saturated carbocycles. The summed E-state index contributed by atoms with van der Waals surface area (Å²) in [5, 5.41) is 0. The van der Waals surface area contributed by atoms with Crippen molar-refractivity contribution >= 4 is 16.1 Å².